The van der Waals surface area contributed by atoms with Crippen LogP contribution < -0.4 is 0 Å². The Labute approximate surface area is 234 Å². The third-order valence-electron chi connectivity index (χ3n) is 8.59. The van der Waals surface area contributed by atoms with E-state index in [-0.39, 0.29) is 41.4 Å². The molecule has 38 heavy (non-hydrogen) atoms. The molecule has 7 nitrogen and oxygen atoms in total. The number of rotatable bonds is 12. The van der Waals surface area contributed by atoms with Crippen LogP contribution in [0.5, 0.6) is 0 Å². The third-order valence-corrected chi connectivity index (χ3v) is 10.7. The molecule has 1 N–H and O–H groups in total. The van der Waals surface area contributed by atoms with E-state index in [2.05, 4.69) is 33.9 Å². The van der Waals surface area contributed by atoms with Gasteiger partial charge in [0.1, 0.15) is 6.04 Å². The molecule has 3 aliphatic heterocycles. The zero-order valence-corrected chi connectivity index (χ0v) is 25.3. The molecule has 3 aliphatic rings. The summed E-state index contributed by atoms with van der Waals surface area (Å²) in [6, 6.07) is -1.22. The van der Waals surface area contributed by atoms with E-state index >= 15 is 0 Å². The van der Waals surface area contributed by atoms with Gasteiger partial charge in [0.25, 0.3) is 0 Å². The second kappa shape index (κ2) is 11.7. The predicted octanol–water partition coefficient (Wildman–Crippen LogP) is 3.97. The Hall–Kier alpha value is -1.80. The minimum atomic E-state index is -0.739. The topological polar surface area (TPSA) is 81.2 Å². The number of hydrogen-bond acceptors (Lipinski definition) is 5. The zero-order chi connectivity index (χ0) is 28.6. The fourth-order valence-corrected chi connectivity index (χ4v) is 9.53. The lowest BCUT2D eigenvalue weighted by molar-refractivity contribution is -0.149. The number of aliphatic hydroxyl groups is 1. The maximum Gasteiger partial charge on any atom is 0.247 e. The number of fused-ring (bicyclic) bond motifs is 1. The molecule has 0 aromatic heterocycles. The minimum Gasteiger partial charge on any atom is -0.394 e. The summed E-state index contributed by atoms with van der Waals surface area (Å²) in [5.41, 5.74) is -0.483. The molecule has 7 atom stereocenters. The molecule has 3 fully saturated rings. The number of likely N-dealkylation sites (tertiary alicyclic amines) is 1. The average molecular weight is 548 g/mol. The van der Waals surface area contributed by atoms with E-state index in [0.717, 1.165) is 12.8 Å². The smallest absolute Gasteiger partial charge is 0.247 e. The number of carbonyl (C=O) groups is 3. The summed E-state index contributed by atoms with van der Waals surface area (Å²) in [6.45, 7) is 23.2. The lowest BCUT2D eigenvalue weighted by Gasteiger charge is -2.45. The molecule has 0 aromatic carbocycles. The second-order valence-corrected chi connectivity index (χ2v) is 14.3. The molecule has 8 heteroatoms. The maximum absolute atomic E-state index is 14.6. The first-order valence-corrected chi connectivity index (χ1v) is 15.1. The molecular formula is C30H49N3O4S. The van der Waals surface area contributed by atoms with Crippen LogP contribution in [0.4, 0.5) is 0 Å². The summed E-state index contributed by atoms with van der Waals surface area (Å²) in [4.78, 5) is 48.5. The summed E-state index contributed by atoms with van der Waals surface area (Å²) in [5, 5.41) is 10.5. The predicted molar refractivity (Wildman–Crippen MR) is 155 cm³/mol. The Morgan fingerprint density at radius 3 is 2.34 bits per heavy atom. The first-order valence-electron chi connectivity index (χ1n) is 14.2. The Morgan fingerprint density at radius 2 is 1.84 bits per heavy atom. The molecule has 3 saturated heterocycles. The van der Waals surface area contributed by atoms with Gasteiger partial charge in [0.15, 0.2) is 0 Å². The van der Waals surface area contributed by atoms with Crippen molar-refractivity contribution in [3.63, 3.8) is 0 Å². The van der Waals surface area contributed by atoms with Crippen molar-refractivity contribution < 1.29 is 19.5 Å². The van der Waals surface area contributed by atoms with Gasteiger partial charge in [-0.05, 0) is 51.9 Å². The first kappa shape index (κ1) is 30.7. The van der Waals surface area contributed by atoms with Gasteiger partial charge in [-0.1, -0.05) is 39.8 Å². The molecule has 0 aromatic rings. The lowest BCUT2D eigenvalue weighted by Crippen LogP contribution is -2.62. The van der Waals surface area contributed by atoms with Gasteiger partial charge in [-0.15, -0.1) is 24.9 Å². The normalized spacial score (nSPS) is 30.9. The van der Waals surface area contributed by atoms with Crippen molar-refractivity contribution in [2.75, 3.05) is 26.2 Å². The van der Waals surface area contributed by atoms with Crippen molar-refractivity contribution in [1.82, 2.24) is 14.7 Å². The lowest BCUT2D eigenvalue weighted by atomic mass is 9.65. The number of nitrogens with zero attached hydrogens (tertiary/aromatic N) is 3. The highest BCUT2D eigenvalue weighted by Crippen LogP contribution is 2.69. The van der Waals surface area contributed by atoms with Crippen molar-refractivity contribution in [3.8, 4) is 0 Å². The van der Waals surface area contributed by atoms with Crippen LogP contribution in [-0.2, 0) is 14.4 Å². The van der Waals surface area contributed by atoms with E-state index in [1.807, 2.05) is 37.5 Å². The van der Waals surface area contributed by atoms with Crippen molar-refractivity contribution >= 4 is 29.5 Å². The number of hydrogen-bond donors (Lipinski definition) is 1. The van der Waals surface area contributed by atoms with Gasteiger partial charge in [-0.2, -0.15) is 0 Å². The van der Waals surface area contributed by atoms with Crippen molar-refractivity contribution in [2.24, 2.45) is 23.7 Å². The molecule has 3 heterocycles. The Balaban J connectivity index is 2.18. The summed E-state index contributed by atoms with van der Waals surface area (Å²) in [7, 11) is 0. The van der Waals surface area contributed by atoms with E-state index < -0.39 is 34.2 Å². The number of carbonyl (C=O) groups excluding carboxylic acids is 3. The van der Waals surface area contributed by atoms with Crippen LogP contribution >= 0.6 is 11.8 Å². The van der Waals surface area contributed by atoms with Crippen molar-refractivity contribution in [3.05, 3.63) is 25.3 Å². The van der Waals surface area contributed by atoms with E-state index in [1.54, 1.807) is 28.8 Å². The van der Waals surface area contributed by atoms with Crippen LogP contribution in [0.3, 0.4) is 0 Å². The van der Waals surface area contributed by atoms with Gasteiger partial charge < -0.3 is 19.8 Å². The van der Waals surface area contributed by atoms with Crippen LogP contribution in [0.1, 0.15) is 67.7 Å². The Morgan fingerprint density at radius 1 is 1.21 bits per heavy atom. The number of aliphatic hydroxyl groups excluding tert-OH is 1. The first-order chi connectivity index (χ1) is 17.8. The average Bonchev–Trinajstić information content (AvgIpc) is 3.43. The zero-order valence-electron chi connectivity index (χ0n) is 24.5. The van der Waals surface area contributed by atoms with Gasteiger partial charge in [0.2, 0.25) is 17.7 Å². The Bertz CT molecular complexity index is 931. The summed E-state index contributed by atoms with van der Waals surface area (Å²) in [6.07, 6.45) is 5.67. The van der Waals surface area contributed by atoms with Gasteiger partial charge in [-0.25, -0.2) is 0 Å². The molecule has 214 valence electrons. The SMILES string of the molecule is C=CCN(CCC)C(=O)[C@@H]1[C@@H]2CC(C)C3(S2)C(C(=O)N(CC=C)C(C)(C)C)N([C@@H](CO)CC(C)C)C(=O)[C@H]13. The largest absolute Gasteiger partial charge is 0.394 e. The molecule has 0 radical (unpaired) electrons. The molecular weight excluding hydrogens is 498 g/mol. The summed E-state index contributed by atoms with van der Waals surface area (Å²) in [5.74, 6) is -1.02. The molecule has 3 rings (SSSR count). The number of thioether (sulfide) groups is 1. The standard InChI is InChI=1S/C30H49N3O4S/c1-10-13-31(14-11-2)26(35)23-22-17-20(6)30(38-22)24(23)27(36)33(21(18-34)16-19(4)5)25(30)28(37)32(15-12-3)29(7,8)9/h10,12,19-25,34H,1,3,11,13-18H2,2,4-9H3/t20?,21-,22+,23-,24+,25?,30?/m1/s1. The highest BCUT2D eigenvalue weighted by atomic mass is 32.2. The van der Waals surface area contributed by atoms with Gasteiger partial charge >= 0.3 is 0 Å². The highest BCUT2D eigenvalue weighted by Gasteiger charge is 2.77. The molecule has 1 spiro atoms. The molecule has 3 amide bonds. The summed E-state index contributed by atoms with van der Waals surface area (Å²) >= 11 is 1.69. The van der Waals surface area contributed by atoms with Gasteiger partial charge in [0, 0.05) is 30.4 Å². The van der Waals surface area contributed by atoms with Crippen LogP contribution in [0.25, 0.3) is 0 Å². The molecule has 0 aliphatic carbocycles. The fourth-order valence-electron chi connectivity index (χ4n) is 7.13. The highest BCUT2D eigenvalue weighted by molar-refractivity contribution is 8.02. The van der Waals surface area contributed by atoms with E-state index in [1.165, 1.54) is 0 Å². The van der Waals surface area contributed by atoms with Crippen LogP contribution in [-0.4, -0.2) is 91.4 Å². The van der Waals surface area contributed by atoms with E-state index in [0.29, 0.717) is 26.1 Å². The fraction of sp³-hybridized carbons (Fsp3) is 0.767. The molecule has 0 saturated carbocycles. The second-order valence-electron chi connectivity index (χ2n) is 12.7. The van der Waals surface area contributed by atoms with Crippen molar-refractivity contribution in [2.45, 2.75) is 95.3 Å². The summed E-state index contributed by atoms with van der Waals surface area (Å²) < 4.78 is -0.708. The third kappa shape index (κ3) is 5.07. The van der Waals surface area contributed by atoms with Crippen LogP contribution in [0, 0.1) is 23.7 Å². The molecule has 2 bridgehead atoms. The Kier molecular flexibility index (Phi) is 9.50. The van der Waals surface area contributed by atoms with Crippen LogP contribution in [0.15, 0.2) is 25.3 Å². The van der Waals surface area contributed by atoms with E-state index in [4.69, 9.17) is 0 Å². The van der Waals surface area contributed by atoms with Crippen molar-refractivity contribution in [1.29, 1.82) is 0 Å². The van der Waals surface area contributed by atoms with Gasteiger partial charge in [-0.3, -0.25) is 14.4 Å². The quantitative estimate of drug-likeness (QED) is 0.374. The van der Waals surface area contributed by atoms with E-state index in [9.17, 15) is 19.5 Å². The van der Waals surface area contributed by atoms with Gasteiger partial charge in [0.05, 0.1) is 29.2 Å². The minimum absolute atomic E-state index is 0.00626. The number of amides is 3. The van der Waals surface area contributed by atoms with Crippen LogP contribution in [0.2, 0.25) is 0 Å². The monoisotopic (exact) mass is 547 g/mol. The molecule has 3 unspecified atom stereocenters. The maximum atomic E-state index is 14.6.